The molecule has 0 spiro atoms. The highest BCUT2D eigenvalue weighted by Gasteiger charge is 2.29. The number of aromatic nitrogens is 3. The van der Waals surface area contributed by atoms with E-state index in [2.05, 4.69) is 33.9 Å². The summed E-state index contributed by atoms with van der Waals surface area (Å²) in [6.45, 7) is 5.54. The van der Waals surface area contributed by atoms with Crippen LogP contribution in [0.25, 0.3) is 0 Å². The maximum atomic E-state index is 4.52. The van der Waals surface area contributed by atoms with E-state index in [4.69, 9.17) is 0 Å². The van der Waals surface area contributed by atoms with Crippen LogP contribution in [0.4, 0.5) is 0 Å². The molecule has 2 fully saturated rings. The Morgan fingerprint density at radius 1 is 1.25 bits per heavy atom. The van der Waals surface area contributed by atoms with Crippen molar-refractivity contribution in [3.05, 3.63) is 12.2 Å². The van der Waals surface area contributed by atoms with Crippen molar-refractivity contribution >= 4 is 0 Å². The van der Waals surface area contributed by atoms with Crippen molar-refractivity contribution in [2.75, 3.05) is 6.54 Å². The quantitative estimate of drug-likeness (QED) is 0.832. The van der Waals surface area contributed by atoms with Gasteiger partial charge in [-0.1, -0.05) is 25.7 Å². The lowest BCUT2D eigenvalue weighted by molar-refractivity contribution is 0.308. The minimum Gasteiger partial charge on any atom is -0.314 e. The highest BCUT2D eigenvalue weighted by molar-refractivity contribution is 4.93. The van der Waals surface area contributed by atoms with E-state index in [0.29, 0.717) is 6.04 Å². The second-order valence-electron chi connectivity index (χ2n) is 6.91. The van der Waals surface area contributed by atoms with Gasteiger partial charge in [-0.05, 0) is 45.1 Å². The van der Waals surface area contributed by atoms with Crippen molar-refractivity contribution in [3.63, 3.8) is 0 Å². The fourth-order valence-electron chi connectivity index (χ4n) is 3.53. The van der Waals surface area contributed by atoms with Crippen LogP contribution < -0.4 is 5.32 Å². The van der Waals surface area contributed by atoms with Crippen LogP contribution in [0.2, 0.25) is 0 Å². The summed E-state index contributed by atoms with van der Waals surface area (Å²) in [7, 11) is 0. The Morgan fingerprint density at radius 2 is 2.00 bits per heavy atom. The molecule has 1 aromatic heterocycles. The van der Waals surface area contributed by atoms with Gasteiger partial charge < -0.3 is 5.32 Å². The molecule has 0 aliphatic heterocycles. The maximum Gasteiger partial charge on any atom is 0.138 e. The molecule has 2 saturated carbocycles. The van der Waals surface area contributed by atoms with Crippen LogP contribution in [0, 0.1) is 11.8 Å². The molecule has 1 N–H and O–H groups in total. The molecule has 0 bridgehead atoms. The van der Waals surface area contributed by atoms with Crippen LogP contribution >= 0.6 is 0 Å². The number of nitrogens with one attached hydrogen (secondary N) is 1. The van der Waals surface area contributed by atoms with Gasteiger partial charge in [0.1, 0.15) is 12.2 Å². The van der Waals surface area contributed by atoms with E-state index in [0.717, 1.165) is 24.3 Å². The molecule has 2 aliphatic carbocycles. The number of hydrogen-bond donors (Lipinski definition) is 1. The first-order valence-electron chi connectivity index (χ1n) is 8.36. The van der Waals surface area contributed by atoms with Crippen LogP contribution in [0.1, 0.15) is 64.2 Å². The molecule has 112 valence electrons. The smallest absolute Gasteiger partial charge is 0.138 e. The molecule has 4 nitrogen and oxygen atoms in total. The van der Waals surface area contributed by atoms with E-state index < -0.39 is 0 Å². The van der Waals surface area contributed by atoms with Gasteiger partial charge in [0.15, 0.2) is 0 Å². The van der Waals surface area contributed by atoms with Crippen molar-refractivity contribution < 1.29 is 0 Å². The third kappa shape index (κ3) is 3.40. The van der Waals surface area contributed by atoms with E-state index >= 15 is 0 Å². The number of nitrogens with zero attached hydrogens (tertiary/aromatic N) is 3. The van der Waals surface area contributed by atoms with Crippen molar-refractivity contribution in [1.29, 1.82) is 0 Å². The van der Waals surface area contributed by atoms with Gasteiger partial charge in [-0.25, -0.2) is 9.67 Å². The molecule has 1 aromatic rings. The summed E-state index contributed by atoms with van der Waals surface area (Å²) in [6.07, 6.45) is 11.2. The molecule has 0 radical (unpaired) electrons. The normalized spacial score (nSPS) is 21.8. The zero-order valence-electron chi connectivity index (χ0n) is 12.9. The van der Waals surface area contributed by atoms with E-state index in [1.165, 1.54) is 50.9 Å². The predicted octanol–water partition coefficient (Wildman–Crippen LogP) is 2.96. The van der Waals surface area contributed by atoms with Gasteiger partial charge in [0.2, 0.25) is 0 Å². The van der Waals surface area contributed by atoms with E-state index in [1.54, 1.807) is 6.33 Å². The van der Waals surface area contributed by atoms with Gasteiger partial charge in [-0.2, -0.15) is 5.10 Å². The van der Waals surface area contributed by atoms with Crippen LogP contribution in [-0.2, 0) is 6.42 Å². The van der Waals surface area contributed by atoms with E-state index in [9.17, 15) is 0 Å². The number of hydrogen-bond acceptors (Lipinski definition) is 3. The largest absolute Gasteiger partial charge is 0.314 e. The van der Waals surface area contributed by atoms with Gasteiger partial charge in [0.25, 0.3) is 0 Å². The SMILES string of the molecule is CC(C)n1ncnc1CC(CNC1CC1)C1CCCC1. The molecular formula is C16H28N4. The molecular weight excluding hydrogens is 248 g/mol. The Kier molecular flexibility index (Phi) is 4.39. The molecule has 0 saturated heterocycles. The summed E-state index contributed by atoms with van der Waals surface area (Å²) in [5.41, 5.74) is 0. The molecule has 2 aliphatic rings. The molecule has 1 heterocycles. The standard InChI is InChI=1S/C16H28N4/c1-12(2)20-16(18-11-19-20)9-14(10-17-15-7-8-15)13-5-3-4-6-13/h11-15,17H,3-10H2,1-2H3. The van der Waals surface area contributed by atoms with Crippen LogP contribution in [0.15, 0.2) is 6.33 Å². The van der Waals surface area contributed by atoms with E-state index in [1.807, 2.05) is 0 Å². The summed E-state index contributed by atoms with van der Waals surface area (Å²) in [6, 6.07) is 1.22. The Labute approximate surface area is 122 Å². The van der Waals surface area contributed by atoms with Crippen molar-refractivity contribution in [3.8, 4) is 0 Å². The summed E-state index contributed by atoms with van der Waals surface area (Å²) < 4.78 is 2.10. The molecule has 1 atom stereocenters. The molecule has 0 aromatic carbocycles. The topological polar surface area (TPSA) is 42.7 Å². The van der Waals surface area contributed by atoms with Crippen molar-refractivity contribution in [2.24, 2.45) is 11.8 Å². The van der Waals surface area contributed by atoms with E-state index in [-0.39, 0.29) is 0 Å². The minimum atomic E-state index is 0.410. The van der Waals surface area contributed by atoms with Crippen LogP contribution in [-0.4, -0.2) is 27.4 Å². The fraction of sp³-hybridized carbons (Fsp3) is 0.875. The zero-order chi connectivity index (χ0) is 13.9. The minimum absolute atomic E-state index is 0.410. The average molecular weight is 276 g/mol. The third-order valence-electron chi connectivity index (χ3n) is 4.89. The zero-order valence-corrected chi connectivity index (χ0v) is 12.9. The average Bonchev–Trinajstić information content (AvgIpc) is 2.93. The first-order chi connectivity index (χ1) is 9.74. The number of rotatable bonds is 7. The Bertz CT molecular complexity index is 416. The highest BCUT2D eigenvalue weighted by Crippen LogP contribution is 2.33. The Hall–Kier alpha value is -0.900. The van der Waals surface area contributed by atoms with Gasteiger partial charge in [-0.3, -0.25) is 0 Å². The van der Waals surface area contributed by atoms with Crippen molar-refractivity contribution in [1.82, 2.24) is 20.1 Å². The lowest BCUT2D eigenvalue weighted by atomic mass is 9.87. The van der Waals surface area contributed by atoms with Crippen LogP contribution in [0.3, 0.4) is 0 Å². The highest BCUT2D eigenvalue weighted by atomic mass is 15.3. The molecule has 4 heteroatoms. The lowest BCUT2D eigenvalue weighted by Gasteiger charge is -2.24. The summed E-state index contributed by atoms with van der Waals surface area (Å²) in [5.74, 6) is 2.80. The fourth-order valence-corrected chi connectivity index (χ4v) is 3.53. The Balaban J connectivity index is 1.65. The lowest BCUT2D eigenvalue weighted by Crippen LogP contribution is -2.31. The molecule has 3 rings (SSSR count). The molecule has 1 unspecified atom stereocenters. The van der Waals surface area contributed by atoms with Gasteiger partial charge in [-0.15, -0.1) is 0 Å². The predicted molar refractivity (Wildman–Crippen MR) is 80.6 cm³/mol. The van der Waals surface area contributed by atoms with Crippen molar-refractivity contribution in [2.45, 2.75) is 70.9 Å². The monoisotopic (exact) mass is 276 g/mol. The maximum absolute atomic E-state index is 4.52. The summed E-state index contributed by atoms with van der Waals surface area (Å²) in [5, 5.41) is 8.13. The molecule has 20 heavy (non-hydrogen) atoms. The van der Waals surface area contributed by atoms with Gasteiger partial charge in [0, 0.05) is 18.5 Å². The van der Waals surface area contributed by atoms with Crippen LogP contribution in [0.5, 0.6) is 0 Å². The molecule has 0 amide bonds. The summed E-state index contributed by atoms with van der Waals surface area (Å²) in [4.78, 5) is 4.52. The first-order valence-corrected chi connectivity index (χ1v) is 8.36. The first kappa shape index (κ1) is 14.1. The second-order valence-corrected chi connectivity index (χ2v) is 6.91. The second kappa shape index (κ2) is 6.25. The Morgan fingerprint density at radius 3 is 2.65 bits per heavy atom. The van der Waals surface area contributed by atoms with Gasteiger partial charge >= 0.3 is 0 Å². The van der Waals surface area contributed by atoms with Gasteiger partial charge in [0.05, 0.1) is 0 Å². The summed E-state index contributed by atoms with van der Waals surface area (Å²) >= 11 is 0. The third-order valence-corrected chi connectivity index (χ3v) is 4.89.